The Hall–Kier alpha value is -2.95. The van der Waals surface area contributed by atoms with Crippen molar-refractivity contribution in [2.24, 2.45) is 0 Å². The Labute approximate surface area is 204 Å². The average molecular weight is 470 g/mol. The number of para-hydroxylation sites is 1. The first-order valence-corrected chi connectivity index (χ1v) is 14.2. The molecular formula is C30H35NO2Si. The number of nitrogens with one attached hydrogen (secondary N) is 1. The Morgan fingerprint density at radius 3 is 1.82 bits per heavy atom. The lowest BCUT2D eigenvalue weighted by molar-refractivity contribution is -0.117. The summed E-state index contributed by atoms with van der Waals surface area (Å²) in [6.45, 7) is 9.24. The van der Waals surface area contributed by atoms with Crippen molar-refractivity contribution in [2.45, 2.75) is 57.8 Å². The predicted octanol–water partition coefficient (Wildman–Crippen LogP) is 5.72. The third-order valence-electron chi connectivity index (χ3n) is 6.72. The molecule has 4 heteroatoms. The zero-order valence-corrected chi connectivity index (χ0v) is 21.6. The van der Waals surface area contributed by atoms with Crippen molar-refractivity contribution in [1.82, 2.24) is 0 Å². The molecule has 1 aliphatic rings. The van der Waals surface area contributed by atoms with Gasteiger partial charge in [0, 0.05) is 5.69 Å². The van der Waals surface area contributed by atoms with Crippen LogP contribution in [0.3, 0.4) is 0 Å². The second-order valence-electron chi connectivity index (χ2n) is 10.0. The molecule has 0 bridgehead atoms. The average Bonchev–Trinajstić information content (AvgIpc) is 3.63. The summed E-state index contributed by atoms with van der Waals surface area (Å²) in [6, 6.07) is 31.4. The minimum atomic E-state index is -2.54. The van der Waals surface area contributed by atoms with Gasteiger partial charge in [0.15, 0.2) is 14.2 Å². The normalized spacial score (nSPS) is 18.4. The lowest BCUT2D eigenvalue weighted by Gasteiger charge is -2.46. The molecule has 1 aliphatic heterocycles. The van der Waals surface area contributed by atoms with Gasteiger partial charge in [-0.2, -0.15) is 0 Å². The number of anilines is 1. The third kappa shape index (κ3) is 4.66. The van der Waals surface area contributed by atoms with Crippen LogP contribution in [0.1, 0.15) is 40.5 Å². The first-order valence-electron chi connectivity index (χ1n) is 12.2. The van der Waals surface area contributed by atoms with Crippen molar-refractivity contribution in [3.8, 4) is 0 Å². The summed E-state index contributed by atoms with van der Waals surface area (Å²) in [5, 5.41) is 7.02. The Kier molecular flexibility index (Phi) is 7.20. The molecule has 0 radical (unpaired) electrons. The number of allylic oxidation sites excluding steroid dienone is 1. The molecule has 4 rings (SSSR count). The number of ether oxygens (including phenoxy) is 1. The molecule has 2 atom stereocenters. The minimum Gasteiger partial charge on any atom is -0.355 e. The maximum Gasteiger partial charge on any atom is 0.256 e. The van der Waals surface area contributed by atoms with Crippen molar-refractivity contribution >= 4 is 30.0 Å². The molecule has 3 nitrogen and oxygen atoms in total. The van der Waals surface area contributed by atoms with E-state index in [9.17, 15) is 4.79 Å². The van der Waals surface area contributed by atoms with Crippen LogP contribution in [0, 0.1) is 0 Å². The molecule has 0 aliphatic carbocycles. The number of amides is 1. The smallest absolute Gasteiger partial charge is 0.256 e. The fourth-order valence-electron chi connectivity index (χ4n) is 5.24. The topological polar surface area (TPSA) is 41.6 Å². The number of unbranched alkanes of at least 4 members (excludes halogenated alkanes) is 1. The van der Waals surface area contributed by atoms with Crippen LogP contribution in [0.2, 0.25) is 5.04 Å². The summed E-state index contributed by atoms with van der Waals surface area (Å²) in [6.07, 6.45) is 3.73. The van der Waals surface area contributed by atoms with Crippen LogP contribution < -0.4 is 15.7 Å². The molecule has 1 fully saturated rings. The van der Waals surface area contributed by atoms with Crippen molar-refractivity contribution < 1.29 is 9.53 Å². The van der Waals surface area contributed by atoms with E-state index in [-0.39, 0.29) is 17.0 Å². The van der Waals surface area contributed by atoms with Crippen LogP contribution >= 0.6 is 0 Å². The number of benzene rings is 3. The molecule has 1 heterocycles. The molecule has 0 unspecified atom stereocenters. The Morgan fingerprint density at radius 1 is 0.853 bits per heavy atom. The molecule has 3 aromatic rings. The Bertz CT molecular complexity index is 1080. The highest BCUT2D eigenvalue weighted by atomic mass is 28.3. The van der Waals surface area contributed by atoms with E-state index in [1.807, 2.05) is 30.3 Å². The van der Waals surface area contributed by atoms with Crippen LogP contribution in [-0.2, 0) is 9.53 Å². The van der Waals surface area contributed by atoms with Gasteiger partial charge in [-0.1, -0.05) is 119 Å². The molecule has 176 valence electrons. The molecule has 34 heavy (non-hydrogen) atoms. The van der Waals surface area contributed by atoms with Gasteiger partial charge in [-0.15, -0.1) is 0 Å². The van der Waals surface area contributed by atoms with Gasteiger partial charge in [-0.05, 0) is 39.2 Å². The van der Waals surface area contributed by atoms with Gasteiger partial charge < -0.3 is 10.1 Å². The molecule has 0 spiro atoms. The van der Waals surface area contributed by atoms with E-state index in [2.05, 4.69) is 99.8 Å². The van der Waals surface area contributed by atoms with Crippen LogP contribution in [0.15, 0.2) is 102 Å². The van der Waals surface area contributed by atoms with Crippen molar-refractivity contribution in [2.75, 3.05) is 5.32 Å². The molecule has 1 amide bonds. The van der Waals surface area contributed by atoms with E-state index in [1.54, 1.807) is 0 Å². The van der Waals surface area contributed by atoms with E-state index in [0.717, 1.165) is 18.5 Å². The SMILES string of the molecule is CCC/C=C(\[C@@H]1O[C@H]1C(=O)Nc1ccccc1)[Si](c1ccccc1)(c1ccccc1)C(C)(C)C. The molecule has 1 N–H and O–H groups in total. The fourth-order valence-corrected chi connectivity index (χ4v) is 11.3. The molecule has 0 saturated carbocycles. The van der Waals surface area contributed by atoms with Crippen LogP contribution in [0.5, 0.6) is 0 Å². The van der Waals surface area contributed by atoms with Gasteiger partial charge in [-0.3, -0.25) is 4.79 Å². The van der Waals surface area contributed by atoms with Gasteiger partial charge in [0.1, 0.15) is 6.10 Å². The number of epoxide rings is 1. The first-order chi connectivity index (χ1) is 16.4. The summed E-state index contributed by atoms with van der Waals surface area (Å²) in [7, 11) is -2.54. The highest BCUT2D eigenvalue weighted by Crippen LogP contribution is 2.46. The number of hydrogen-bond donors (Lipinski definition) is 1. The summed E-state index contributed by atoms with van der Waals surface area (Å²) in [5.74, 6) is -0.0727. The monoisotopic (exact) mass is 469 g/mol. The predicted molar refractivity (Wildman–Crippen MR) is 144 cm³/mol. The van der Waals surface area contributed by atoms with E-state index in [0.29, 0.717) is 0 Å². The zero-order valence-electron chi connectivity index (χ0n) is 20.6. The van der Waals surface area contributed by atoms with Crippen LogP contribution in [-0.4, -0.2) is 26.2 Å². The van der Waals surface area contributed by atoms with Crippen molar-refractivity contribution in [1.29, 1.82) is 0 Å². The molecule has 0 aromatic heterocycles. The number of hydrogen-bond acceptors (Lipinski definition) is 2. The summed E-state index contributed by atoms with van der Waals surface area (Å²) < 4.78 is 6.21. The van der Waals surface area contributed by atoms with Gasteiger partial charge in [0.05, 0.1) is 0 Å². The lowest BCUT2D eigenvalue weighted by Crippen LogP contribution is -2.67. The van der Waals surface area contributed by atoms with Gasteiger partial charge in [-0.25, -0.2) is 0 Å². The highest BCUT2D eigenvalue weighted by molar-refractivity contribution is 7.09. The van der Waals surface area contributed by atoms with E-state index in [4.69, 9.17) is 4.74 Å². The van der Waals surface area contributed by atoms with E-state index >= 15 is 0 Å². The number of carbonyl (C=O) groups excluding carboxylic acids is 1. The minimum absolute atomic E-state index is 0.0400. The zero-order chi connectivity index (χ0) is 24.2. The van der Waals surface area contributed by atoms with Gasteiger partial charge >= 0.3 is 0 Å². The Morgan fingerprint density at radius 2 is 1.35 bits per heavy atom. The second-order valence-corrected chi connectivity index (χ2v) is 14.7. The summed E-state index contributed by atoms with van der Waals surface area (Å²) in [4.78, 5) is 13.2. The van der Waals surface area contributed by atoms with E-state index in [1.165, 1.54) is 15.6 Å². The number of rotatable bonds is 8. The van der Waals surface area contributed by atoms with Crippen molar-refractivity contribution in [3.63, 3.8) is 0 Å². The maximum atomic E-state index is 13.2. The van der Waals surface area contributed by atoms with E-state index < -0.39 is 14.2 Å². The quantitative estimate of drug-likeness (QED) is 0.339. The lowest BCUT2D eigenvalue weighted by atomic mass is 10.2. The molecule has 1 saturated heterocycles. The summed E-state index contributed by atoms with van der Waals surface area (Å²) >= 11 is 0. The number of carbonyl (C=O) groups is 1. The van der Waals surface area contributed by atoms with Crippen LogP contribution in [0.25, 0.3) is 0 Å². The maximum absolute atomic E-state index is 13.2. The second kappa shape index (κ2) is 10.1. The summed E-state index contributed by atoms with van der Waals surface area (Å²) in [5.41, 5.74) is 0.797. The third-order valence-corrected chi connectivity index (χ3v) is 12.7. The first kappa shape index (κ1) is 24.2. The van der Waals surface area contributed by atoms with Crippen LogP contribution in [0.4, 0.5) is 5.69 Å². The van der Waals surface area contributed by atoms with Gasteiger partial charge in [0.2, 0.25) is 0 Å². The Balaban J connectivity index is 1.81. The van der Waals surface area contributed by atoms with Gasteiger partial charge in [0.25, 0.3) is 5.91 Å². The standard InChI is InChI=1S/C30H35NO2Si/c1-5-6-22-26(27-28(33-27)29(32)31-23-16-10-7-11-17-23)34(30(2,3)4,24-18-12-8-13-19-24)25-20-14-9-15-21-25/h7-22,27-28H,5-6H2,1-4H3,(H,31,32)/b26-22+/t27-,28+/m0/s1. The highest BCUT2D eigenvalue weighted by Gasteiger charge is 2.59. The largest absolute Gasteiger partial charge is 0.355 e. The van der Waals surface area contributed by atoms with Crippen molar-refractivity contribution in [3.05, 3.63) is 102 Å². The fraction of sp³-hybridized carbons (Fsp3) is 0.300. The molecule has 3 aromatic carbocycles. The molecular weight excluding hydrogens is 434 g/mol.